The van der Waals surface area contributed by atoms with Crippen molar-refractivity contribution < 1.29 is 14.3 Å². The predicted octanol–water partition coefficient (Wildman–Crippen LogP) is 2.26. The van der Waals surface area contributed by atoms with Crippen LogP contribution in [0, 0.1) is 11.3 Å². The number of carbonyl (C=O) groups is 2. The van der Waals surface area contributed by atoms with Gasteiger partial charge in [-0.1, -0.05) is 24.3 Å². The molecule has 0 spiro atoms. The molecule has 0 radical (unpaired) electrons. The van der Waals surface area contributed by atoms with Gasteiger partial charge in [0.15, 0.2) is 5.82 Å². The number of amides is 2. The second-order valence-electron chi connectivity index (χ2n) is 6.77. The van der Waals surface area contributed by atoms with Crippen molar-refractivity contribution >= 4 is 23.3 Å². The van der Waals surface area contributed by atoms with E-state index in [2.05, 4.69) is 15.7 Å². The Hall–Kier alpha value is -4.16. The van der Waals surface area contributed by atoms with Crippen molar-refractivity contribution in [2.45, 2.75) is 0 Å². The Kier molecular flexibility index (Phi) is 6.98. The van der Waals surface area contributed by atoms with Gasteiger partial charge in [-0.2, -0.15) is 10.4 Å². The lowest BCUT2D eigenvalue weighted by Crippen LogP contribution is -2.36. The largest absolute Gasteiger partial charge is 0.497 e. The zero-order valence-corrected chi connectivity index (χ0v) is 17.2. The standard InChI is InChI=1S/C22H22N6O3/c1-27(14-20(29)25-17-7-6-10-19(11-17)31-2)15-21(30)26-22-16(12-23)13-24-28(22)18-8-4-3-5-9-18/h3-11,13H,14-15H2,1-2H3,(H,25,29)(H,26,30). The fraction of sp³-hybridized carbons (Fsp3) is 0.182. The highest BCUT2D eigenvalue weighted by atomic mass is 16.5. The van der Waals surface area contributed by atoms with Crippen molar-refractivity contribution in [1.82, 2.24) is 14.7 Å². The number of hydrogen-bond donors (Lipinski definition) is 2. The lowest BCUT2D eigenvalue weighted by molar-refractivity contribution is -0.119. The number of ether oxygens (including phenoxy) is 1. The molecule has 3 rings (SSSR count). The minimum atomic E-state index is -0.370. The molecule has 1 heterocycles. The minimum Gasteiger partial charge on any atom is -0.497 e. The second-order valence-corrected chi connectivity index (χ2v) is 6.77. The summed E-state index contributed by atoms with van der Waals surface area (Å²) in [5.41, 5.74) is 1.56. The Morgan fingerprint density at radius 1 is 1.10 bits per heavy atom. The number of nitrogens with one attached hydrogen (secondary N) is 2. The van der Waals surface area contributed by atoms with Crippen molar-refractivity contribution in [3.05, 3.63) is 66.4 Å². The molecule has 1 aromatic heterocycles. The molecule has 158 valence electrons. The summed E-state index contributed by atoms with van der Waals surface area (Å²) in [6.07, 6.45) is 1.40. The van der Waals surface area contributed by atoms with Gasteiger partial charge in [0, 0.05) is 11.8 Å². The van der Waals surface area contributed by atoms with Crippen molar-refractivity contribution in [3.63, 3.8) is 0 Å². The Balaban J connectivity index is 1.60. The lowest BCUT2D eigenvalue weighted by Gasteiger charge is -2.17. The number of benzene rings is 2. The van der Waals surface area contributed by atoms with E-state index in [1.807, 2.05) is 36.4 Å². The lowest BCUT2D eigenvalue weighted by atomic mass is 10.3. The van der Waals surface area contributed by atoms with Crippen molar-refractivity contribution in [2.24, 2.45) is 0 Å². The summed E-state index contributed by atoms with van der Waals surface area (Å²) < 4.78 is 6.63. The fourth-order valence-corrected chi connectivity index (χ4v) is 2.93. The van der Waals surface area contributed by atoms with Crippen LogP contribution in [0.15, 0.2) is 60.8 Å². The Morgan fingerprint density at radius 3 is 2.48 bits per heavy atom. The zero-order valence-electron chi connectivity index (χ0n) is 17.2. The van der Waals surface area contributed by atoms with E-state index in [1.54, 1.807) is 43.3 Å². The van der Waals surface area contributed by atoms with Gasteiger partial charge in [-0.25, -0.2) is 4.68 Å². The topological polar surface area (TPSA) is 112 Å². The van der Waals surface area contributed by atoms with Gasteiger partial charge >= 0.3 is 0 Å². The van der Waals surface area contributed by atoms with Crippen molar-refractivity contribution in [3.8, 4) is 17.5 Å². The first-order chi connectivity index (χ1) is 15.0. The smallest absolute Gasteiger partial charge is 0.239 e. The normalized spacial score (nSPS) is 10.4. The summed E-state index contributed by atoms with van der Waals surface area (Å²) >= 11 is 0. The first kappa shape index (κ1) is 21.5. The monoisotopic (exact) mass is 418 g/mol. The van der Waals surface area contributed by atoms with Gasteiger partial charge in [0.2, 0.25) is 11.8 Å². The minimum absolute atomic E-state index is 0.00762. The predicted molar refractivity (Wildman–Crippen MR) is 116 cm³/mol. The number of methoxy groups -OCH3 is 1. The molecule has 31 heavy (non-hydrogen) atoms. The van der Waals surface area contributed by atoms with Crippen LogP contribution in [0.5, 0.6) is 5.75 Å². The van der Waals surface area contributed by atoms with Gasteiger partial charge in [-0.15, -0.1) is 0 Å². The van der Waals surface area contributed by atoms with Crippen LogP contribution in [0.25, 0.3) is 5.69 Å². The maximum Gasteiger partial charge on any atom is 0.239 e. The van der Waals surface area contributed by atoms with E-state index in [0.717, 1.165) is 0 Å². The first-order valence-corrected chi connectivity index (χ1v) is 9.46. The van der Waals surface area contributed by atoms with Crippen LogP contribution in [-0.4, -0.2) is 53.7 Å². The number of hydrogen-bond acceptors (Lipinski definition) is 6. The molecule has 0 aliphatic carbocycles. The average molecular weight is 418 g/mol. The van der Waals surface area contributed by atoms with Gasteiger partial charge in [-0.3, -0.25) is 14.5 Å². The third-order valence-corrected chi connectivity index (χ3v) is 4.33. The van der Waals surface area contributed by atoms with Crippen LogP contribution in [0.2, 0.25) is 0 Å². The number of likely N-dealkylation sites (N-methyl/N-ethyl adjacent to an activating group) is 1. The number of rotatable bonds is 8. The van der Waals surface area contributed by atoms with E-state index >= 15 is 0 Å². The van der Waals surface area contributed by atoms with E-state index in [9.17, 15) is 14.9 Å². The number of para-hydroxylation sites is 1. The number of carbonyl (C=O) groups excluding carboxylic acids is 2. The third kappa shape index (κ3) is 5.68. The molecule has 2 N–H and O–H groups in total. The highest BCUT2D eigenvalue weighted by Gasteiger charge is 2.17. The number of aromatic nitrogens is 2. The summed E-state index contributed by atoms with van der Waals surface area (Å²) in [4.78, 5) is 26.4. The van der Waals surface area contributed by atoms with E-state index in [0.29, 0.717) is 17.1 Å². The van der Waals surface area contributed by atoms with Crippen LogP contribution in [0.1, 0.15) is 5.56 Å². The van der Waals surface area contributed by atoms with Gasteiger partial charge in [-0.05, 0) is 31.3 Å². The Labute approximate surface area is 179 Å². The third-order valence-electron chi connectivity index (χ3n) is 4.33. The number of anilines is 2. The van der Waals surface area contributed by atoms with Gasteiger partial charge < -0.3 is 15.4 Å². The highest BCUT2D eigenvalue weighted by molar-refractivity contribution is 5.95. The molecule has 9 nitrogen and oxygen atoms in total. The SMILES string of the molecule is COc1cccc(NC(=O)CN(C)CC(=O)Nc2c(C#N)cnn2-c2ccccc2)c1. The van der Waals surface area contributed by atoms with Gasteiger partial charge in [0.25, 0.3) is 0 Å². The summed E-state index contributed by atoms with van der Waals surface area (Å²) in [5, 5.41) is 19.0. The molecule has 9 heteroatoms. The molecule has 2 amide bonds. The van der Waals surface area contributed by atoms with E-state index in [1.165, 1.54) is 10.9 Å². The zero-order chi connectivity index (χ0) is 22.2. The fourth-order valence-electron chi connectivity index (χ4n) is 2.93. The second kappa shape index (κ2) is 10.0. The summed E-state index contributed by atoms with van der Waals surface area (Å²) in [6.45, 7) is -0.0376. The summed E-state index contributed by atoms with van der Waals surface area (Å²) in [6, 6.07) is 18.2. The van der Waals surface area contributed by atoms with E-state index in [-0.39, 0.29) is 36.3 Å². The summed E-state index contributed by atoms with van der Waals surface area (Å²) in [7, 11) is 3.21. The highest BCUT2D eigenvalue weighted by Crippen LogP contribution is 2.19. The number of nitrogens with zero attached hydrogens (tertiary/aromatic N) is 4. The molecule has 0 saturated carbocycles. The molecule has 0 aliphatic rings. The maximum absolute atomic E-state index is 12.5. The Bertz CT molecular complexity index is 1100. The van der Waals surface area contributed by atoms with Crippen LogP contribution >= 0.6 is 0 Å². The van der Waals surface area contributed by atoms with Crippen LogP contribution in [0.4, 0.5) is 11.5 Å². The van der Waals surface area contributed by atoms with E-state index in [4.69, 9.17) is 4.74 Å². The first-order valence-electron chi connectivity index (χ1n) is 9.46. The molecular formula is C22H22N6O3. The average Bonchev–Trinajstić information content (AvgIpc) is 3.16. The molecule has 0 unspecified atom stereocenters. The maximum atomic E-state index is 12.5. The summed E-state index contributed by atoms with van der Waals surface area (Å²) in [5.74, 6) is 0.281. The molecule has 2 aromatic carbocycles. The van der Waals surface area contributed by atoms with Crippen LogP contribution < -0.4 is 15.4 Å². The number of nitriles is 1. The molecule has 0 saturated heterocycles. The molecule has 3 aromatic rings. The van der Waals surface area contributed by atoms with Gasteiger partial charge in [0.05, 0.1) is 32.1 Å². The van der Waals surface area contributed by atoms with Crippen LogP contribution in [-0.2, 0) is 9.59 Å². The van der Waals surface area contributed by atoms with Crippen molar-refractivity contribution in [2.75, 3.05) is 37.9 Å². The molecule has 0 aliphatic heterocycles. The molecule has 0 atom stereocenters. The molecular weight excluding hydrogens is 396 g/mol. The molecule has 0 bridgehead atoms. The molecule has 0 fully saturated rings. The van der Waals surface area contributed by atoms with Gasteiger partial charge in [0.1, 0.15) is 17.4 Å². The van der Waals surface area contributed by atoms with E-state index < -0.39 is 0 Å². The Morgan fingerprint density at radius 2 is 1.81 bits per heavy atom. The van der Waals surface area contributed by atoms with Crippen molar-refractivity contribution in [1.29, 1.82) is 5.26 Å². The quantitative estimate of drug-likeness (QED) is 0.580. The van der Waals surface area contributed by atoms with Crippen LogP contribution in [0.3, 0.4) is 0 Å².